The van der Waals surface area contributed by atoms with E-state index in [0.29, 0.717) is 0 Å². The number of thiophene rings is 1. The fourth-order valence-electron chi connectivity index (χ4n) is 2.47. The second kappa shape index (κ2) is 5.59. The Labute approximate surface area is 139 Å². The van der Waals surface area contributed by atoms with E-state index in [1.807, 2.05) is 36.4 Å². The zero-order chi connectivity index (χ0) is 14.9. The van der Waals surface area contributed by atoms with Gasteiger partial charge in [-0.2, -0.15) is 0 Å². The maximum Gasteiger partial charge on any atom is 0.129 e. The Morgan fingerprint density at radius 2 is 1.68 bits per heavy atom. The minimum absolute atomic E-state index is 0.859. The van der Waals surface area contributed by atoms with Crippen LogP contribution in [0.25, 0.3) is 32.7 Å². The molecule has 0 aliphatic rings. The van der Waals surface area contributed by atoms with E-state index in [9.17, 15) is 0 Å². The monoisotopic (exact) mass is 367 g/mol. The fourth-order valence-corrected chi connectivity index (χ4v) is 4.25. The van der Waals surface area contributed by atoms with E-state index < -0.39 is 0 Å². The first-order chi connectivity index (χ1) is 10.8. The first-order valence-corrected chi connectivity index (χ1v) is 8.35. The van der Waals surface area contributed by atoms with Crippen LogP contribution in [0, 0.1) is 0 Å². The Hall–Kier alpha value is -2.11. The van der Waals surface area contributed by atoms with Crippen LogP contribution >= 0.6 is 27.3 Å². The molecule has 0 saturated heterocycles. The fraction of sp³-hybridized carbons (Fsp3) is 0. The Morgan fingerprint density at radius 3 is 2.45 bits per heavy atom. The predicted molar refractivity (Wildman–Crippen MR) is 93.8 cm³/mol. The van der Waals surface area contributed by atoms with Crippen LogP contribution in [0.15, 0.2) is 64.8 Å². The summed E-state index contributed by atoms with van der Waals surface area (Å²) in [7, 11) is 0. The number of hydrogen-bond donors (Lipinski definition) is 0. The van der Waals surface area contributed by atoms with Crippen molar-refractivity contribution in [3.8, 4) is 22.5 Å². The predicted octanol–water partition coefficient (Wildman–Crippen LogP) is 5.18. The lowest BCUT2D eigenvalue weighted by atomic mass is 10.0. The van der Waals surface area contributed by atoms with Gasteiger partial charge in [0.25, 0.3) is 0 Å². The van der Waals surface area contributed by atoms with Gasteiger partial charge in [0.2, 0.25) is 0 Å². The average molecular weight is 368 g/mol. The van der Waals surface area contributed by atoms with Crippen molar-refractivity contribution in [3.05, 3.63) is 64.8 Å². The smallest absolute Gasteiger partial charge is 0.129 e. The molecule has 3 aromatic heterocycles. The average Bonchev–Trinajstić information content (AvgIpc) is 2.92. The molecule has 106 valence electrons. The summed E-state index contributed by atoms with van der Waals surface area (Å²) in [4.78, 5) is 14.3. The maximum atomic E-state index is 4.49. The van der Waals surface area contributed by atoms with Crippen LogP contribution < -0.4 is 0 Å². The summed E-state index contributed by atoms with van der Waals surface area (Å²) in [5.74, 6) is 0. The highest BCUT2D eigenvalue weighted by molar-refractivity contribution is 9.11. The van der Waals surface area contributed by atoms with Crippen LogP contribution in [0.4, 0.5) is 0 Å². The molecule has 3 nitrogen and oxygen atoms in total. The SMILES string of the molecule is Brc1sc2ncnc(-c3ccccn3)c2c1-c1ccccc1. The molecule has 5 heteroatoms. The minimum Gasteiger partial charge on any atom is -0.255 e. The summed E-state index contributed by atoms with van der Waals surface area (Å²) in [6.45, 7) is 0. The van der Waals surface area contributed by atoms with Crippen LogP contribution in [0.2, 0.25) is 0 Å². The number of fused-ring (bicyclic) bond motifs is 1. The molecule has 0 spiro atoms. The molecular weight excluding hydrogens is 358 g/mol. The van der Waals surface area contributed by atoms with Gasteiger partial charge in [-0.1, -0.05) is 36.4 Å². The summed E-state index contributed by atoms with van der Waals surface area (Å²) >= 11 is 5.30. The number of nitrogens with zero attached hydrogens (tertiary/aromatic N) is 3. The molecule has 0 atom stereocenters. The molecule has 4 rings (SSSR count). The van der Waals surface area contributed by atoms with Crippen LogP contribution in [-0.2, 0) is 0 Å². The first-order valence-electron chi connectivity index (χ1n) is 6.74. The minimum atomic E-state index is 0.859. The molecule has 4 aromatic rings. The van der Waals surface area contributed by atoms with E-state index in [2.05, 4.69) is 43.0 Å². The van der Waals surface area contributed by atoms with Gasteiger partial charge in [-0.3, -0.25) is 4.98 Å². The summed E-state index contributed by atoms with van der Waals surface area (Å²) < 4.78 is 1.06. The molecule has 0 bridgehead atoms. The van der Waals surface area contributed by atoms with E-state index in [0.717, 1.165) is 36.5 Å². The lowest BCUT2D eigenvalue weighted by molar-refractivity contribution is 1.20. The molecule has 3 heterocycles. The van der Waals surface area contributed by atoms with Gasteiger partial charge in [-0.15, -0.1) is 11.3 Å². The van der Waals surface area contributed by atoms with Crippen molar-refractivity contribution in [1.29, 1.82) is 0 Å². The Morgan fingerprint density at radius 1 is 0.864 bits per heavy atom. The topological polar surface area (TPSA) is 38.7 Å². The summed E-state index contributed by atoms with van der Waals surface area (Å²) in [5, 5.41) is 1.05. The molecule has 1 aromatic carbocycles. The van der Waals surface area contributed by atoms with Crippen LogP contribution in [0.1, 0.15) is 0 Å². The number of hydrogen-bond acceptors (Lipinski definition) is 4. The molecule has 0 aliphatic carbocycles. The molecule has 0 saturated carbocycles. The number of pyridine rings is 1. The highest BCUT2D eigenvalue weighted by Gasteiger charge is 2.18. The molecule has 0 radical (unpaired) electrons. The third-order valence-electron chi connectivity index (χ3n) is 3.42. The third-order valence-corrected chi connectivity index (χ3v) is 5.18. The quantitative estimate of drug-likeness (QED) is 0.489. The highest BCUT2D eigenvalue weighted by atomic mass is 79.9. The lowest BCUT2D eigenvalue weighted by Crippen LogP contribution is -1.90. The van der Waals surface area contributed by atoms with E-state index >= 15 is 0 Å². The maximum absolute atomic E-state index is 4.49. The first kappa shape index (κ1) is 13.5. The third kappa shape index (κ3) is 2.23. The second-order valence-corrected chi connectivity index (χ2v) is 7.05. The lowest BCUT2D eigenvalue weighted by Gasteiger charge is -2.05. The summed E-state index contributed by atoms with van der Waals surface area (Å²) in [6, 6.07) is 16.1. The Bertz CT molecular complexity index is 936. The second-order valence-electron chi connectivity index (χ2n) is 4.73. The van der Waals surface area contributed by atoms with Gasteiger partial charge in [0.15, 0.2) is 0 Å². The van der Waals surface area contributed by atoms with Crippen LogP contribution in [-0.4, -0.2) is 15.0 Å². The van der Waals surface area contributed by atoms with Gasteiger partial charge < -0.3 is 0 Å². The van der Waals surface area contributed by atoms with E-state index in [4.69, 9.17) is 0 Å². The van der Waals surface area contributed by atoms with Gasteiger partial charge >= 0.3 is 0 Å². The van der Waals surface area contributed by atoms with E-state index in [1.54, 1.807) is 23.9 Å². The van der Waals surface area contributed by atoms with E-state index in [-0.39, 0.29) is 0 Å². The Kier molecular flexibility index (Phi) is 3.44. The summed E-state index contributed by atoms with van der Waals surface area (Å²) in [6.07, 6.45) is 3.39. The molecule has 0 aliphatic heterocycles. The van der Waals surface area contributed by atoms with Gasteiger partial charge in [0.05, 0.1) is 9.48 Å². The zero-order valence-electron chi connectivity index (χ0n) is 11.4. The van der Waals surface area contributed by atoms with Crippen molar-refractivity contribution >= 4 is 37.5 Å². The van der Waals surface area contributed by atoms with Crippen molar-refractivity contribution in [1.82, 2.24) is 15.0 Å². The number of aromatic nitrogens is 3. The van der Waals surface area contributed by atoms with Crippen molar-refractivity contribution in [2.24, 2.45) is 0 Å². The molecule has 0 unspecified atom stereocenters. The van der Waals surface area contributed by atoms with Gasteiger partial charge in [0, 0.05) is 17.1 Å². The highest BCUT2D eigenvalue weighted by Crippen LogP contribution is 2.44. The van der Waals surface area contributed by atoms with Crippen molar-refractivity contribution < 1.29 is 0 Å². The number of rotatable bonds is 2. The van der Waals surface area contributed by atoms with Crippen molar-refractivity contribution in [3.63, 3.8) is 0 Å². The number of halogens is 1. The standard InChI is InChI=1S/C17H10BrN3S/c18-16-13(11-6-2-1-3-7-11)14-15(12-8-4-5-9-19-12)20-10-21-17(14)22-16/h1-10H. The molecule has 0 fully saturated rings. The summed E-state index contributed by atoms with van der Waals surface area (Å²) in [5.41, 5.74) is 4.00. The van der Waals surface area contributed by atoms with Gasteiger partial charge in [-0.05, 0) is 33.6 Å². The Balaban J connectivity index is 2.08. The van der Waals surface area contributed by atoms with Gasteiger partial charge in [0.1, 0.15) is 16.9 Å². The van der Waals surface area contributed by atoms with Crippen LogP contribution in [0.5, 0.6) is 0 Å². The molecule has 0 N–H and O–H groups in total. The van der Waals surface area contributed by atoms with Crippen LogP contribution in [0.3, 0.4) is 0 Å². The van der Waals surface area contributed by atoms with E-state index in [1.165, 1.54) is 0 Å². The molecular formula is C17H10BrN3S. The molecule has 0 amide bonds. The van der Waals surface area contributed by atoms with Gasteiger partial charge in [-0.25, -0.2) is 9.97 Å². The van der Waals surface area contributed by atoms with Crippen molar-refractivity contribution in [2.45, 2.75) is 0 Å². The zero-order valence-corrected chi connectivity index (χ0v) is 13.8. The largest absolute Gasteiger partial charge is 0.255 e. The number of benzene rings is 1. The van der Waals surface area contributed by atoms with Crippen molar-refractivity contribution in [2.75, 3.05) is 0 Å². The molecule has 22 heavy (non-hydrogen) atoms. The normalized spacial score (nSPS) is 11.0.